The topological polar surface area (TPSA) is 86.7 Å². The van der Waals surface area contributed by atoms with Crippen LogP contribution in [0.15, 0.2) is 90.4 Å². The van der Waals surface area contributed by atoms with E-state index in [4.69, 9.17) is 27.5 Å². The van der Waals surface area contributed by atoms with Crippen LogP contribution in [0.1, 0.15) is 108 Å². The summed E-state index contributed by atoms with van der Waals surface area (Å²) < 4.78 is 9.87. The van der Waals surface area contributed by atoms with Gasteiger partial charge in [0.25, 0.3) is 14.1 Å². The molecule has 0 fully saturated rings. The summed E-state index contributed by atoms with van der Waals surface area (Å²) in [6, 6.07) is 0. The number of ketones is 4. The second kappa shape index (κ2) is 26.4. The van der Waals surface area contributed by atoms with Crippen molar-refractivity contribution < 1.29 is 28.7 Å². The quantitative estimate of drug-likeness (QED) is 0.0524. The van der Waals surface area contributed by atoms with Gasteiger partial charge in [-0.3, -0.25) is 19.2 Å². The second-order valence-electron chi connectivity index (χ2n) is 13.6. The van der Waals surface area contributed by atoms with E-state index in [9.17, 15) is 19.2 Å². The van der Waals surface area contributed by atoms with Gasteiger partial charge in [0.05, 0.1) is 20.1 Å². The highest BCUT2D eigenvalue weighted by atomic mass is 35.5. The van der Waals surface area contributed by atoms with E-state index in [1.54, 1.807) is 33.3 Å². The first kappa shape index (κ1) is 49.7. The minimum atomic E-state index is -0.478. The molecule has 0 N–H and O–H groups in total. The van der Waals surface area contributed by atoms with Crippen molar-refractivity contribution in [1.29, 1.82) is 0 Å². The molecular weight excluding hydrogens is 675 g/mol. The van der Waals surface area contributed by atoms with Gasteiger partial charge in [-0.05, 0) is 102 Å². The Morgan fingerprint density at radius 2 is 1.12 bits per heavy atom. The van der Waals surface area contributed by atoms with E-state index in [0.29, 0.717) is 39.9 Å². The summed E-state index contributed by atoms with van der Waals surface area (Å²) in [4.78, 5) is 49.8. The van der Waals surface area contributed by atoms with Crippen LogP contribution in [0.5, 0.6) is 0 Å². The number of allylic oxidation sites excluding steroid dienone is 13. The van der Waals surface area contributed by atoms with Gasteiger partial charge in [-0.2, -0.15) is 0 Å². The minimum Gasteiger partial charge on any atom is -0.492 e. The van der Waals surface area contributed by atoms with E-state index in [0.717, 1.165) is 18.4 Å². The van der Waals surface area contributed by atoms with Gasteiger partial charge in [-0.15, -0.1) is 40.5 Å². The molecule has 0 unspecified atom stereocenters. The fourth-order valence-electron chi connectivity index (χ4n) is 4.87. The number of carbonyl (C=O) groups is 4. The Bertz CT molecular complexity index is 1520. The summed E-state index contributed by atoms with van der Waals surface area (Å²) >= 11 is 5.12. The van der Waals surface area contributed by atoms with Crippen molar-refractivity contribution in [2.75, 3.05) is 20.1 Å². The Kier molecular flexibility index (Phi) is 25.7. The Morgan fingerprint density at radius 1 is 0.667 bits per heavy atom. The van der Waals surface area contributed by atoms with Crippen LogP contribution < -0.4 is 0 Å². The Morgan fingerprint density at radius 3 is 1.55 bits per heavy atom. The molecule has 0 aromatic heterocycles. The van der Waals surface area contributed by atoms with E-state index in [2.05, 4.69) is 69.2 Å². The molecule has 0 heterocycles. The molecule has 6 nitrogen and oxygen atoms in total. The van der Waals surface area contributed by atoms with Crippen LogP contribution in [0, 0.1) is 12.3 Å². The summed E-state index contributed by atoms with van der Waals surface area (Å²) in [5.41, 5.74) is 8.07. The maximum Gasteiger partial charge on any atom is 0.288 e. The molecule has 0 atom stereocenters. The minimum absolute atomic E-state index is 0.0382. The van der Waals surface area contributed by atoms with E-state index in [1.165, 1.54) is 38.2 Å². The Balaban J connectivity index is 0. The van der Waals surface area contributed by atoms with Gasteiger partial charge >= 0.3 is 0 Å². The van der Waals surface area contributed by atoms with Crippen LogP contribution >= 0.6 is 11.6 Å². The van der Waals surface area contributed by atoms with Crippen LogP contribution in [0.25, 0.3) is 0 Å². The fourth-order valence-corrected chi connectivity index (χ4v) is 6.49. The number of carbonyl (C=O) groups excluding carboxylic acids is 4. The molecule has 0 aliphatic heterocycles. The normalized spacial score (nSPS) is 14.3. The lowest BCUT2D eigenvalue weighted by atomic mass is 9.87. The van der Waals surface area contributed by atoms with E-state index in [1.807, 2.05) is 19.9 Å². The van der Waals surface area contributed by atoms with Crippen LogP contribution in [0.4, 0.5) is 0 Å². The van der Waals surface area contributed by atoms with Gasteiger partial charge in [0, 0.05) is 39.9 Å². The summed E-state index contributed by atoms with van der Waals surface area (Å²) in [6.45, 7) is 21.2. The SMILES string of the molecule is C#CCCC=C(C)C.CC(C)=CCC/C(C)=[CH]/[Al]([CH3])[CH3].COC1=C(C)C(=O)C(C)=C(CCl)C1=O.COC1=C(C)C(=O)C(CC=C(C)C)=C(C)C1=O. The smallest absolute Gasteiger partial charge is 0.288 e. The first-order valence-electron chi connectivity index (χ1n) is 17.4. The first-order valence-corrected chi connectivity index (χ1v) is 20.9. The average molecular weight is 737 g/mol. The number of methoxy groups -OCH3 is 2. The van der Waals surface area contributed by atoms with E-state index < -0.39 is 14.1 Å². The lowest BCUT2D eigenvalue weighted by Gasteiger charge is -2.18. The molecule has 280 valence electrons. The number of unbranched alkanes of at least 4 members (excludes halogenated alkanes) is 1. The molecule has 8 heteroatoms. The number of terminal acetylenes is 1. The average Bonchev–Trinajstić information content (AvgIpc) is 3.04. The molecule has 2 aliphatic carbocycles. The molecule has 0 bridgehead atoms. The lowest BCUT2D eigenvalue weighted by molar-refractivity contribution is -0.118. The molecule has 0 spiro atoms. The van der Waals surface area contributed by atoms with Gasteiger partial charge in [0.2, 0.25) is 11.6 Å². The lowest BCUT2D eigenvalue weighted by Crippen LogP contribution is -2.23. The fraction of sp³-hybridized carbons (Fsp3) is 0.488. The number of rotatable bonds is 11. The highest BCUT2D eigenvalue weighted by Gasteiger charge is 2.31. The van der Waals surface area contributed by atoms with Crippen LogP contribution in [0.2, 0.25) is 11.6 Å². The molecule has 51 heavy (non-hydrogen) atoms. The van der Waals surface area contributed by atoms with Crippen molar-refractivity contribution in [3.05, 3.63) is 90.4 Å². The molecule has 0 aromatic carbocycles. The third kappa shape index (κ3) is 18.6. The van der Waals surface area contributed by atoms with Crippen molar-refractivity contribution in [1.82, 2.24) is 0 Å². The van der Waals surface area contributed by atoms with Gasteiger partial charge in [0.15, 0.2) is 23.1 Å². The monoisotopic (exact) mass is 736 g/mol. The zero-order chi connectivity index (χ0) is 40.0. The van der Waals surface area contributed by atoms with Crippen LogP contribution in [-0.4, -0.2) is 57.4 Å². The molecule has 0 saturated carbocycles. The summed E-state index contributed by atoms with van der Waals surface area (Å²) in [7, 11) is 2.79. The van der Waals surface area contributed by atoms with Crippen molar-refractivity contribution >= 4 is 48.9 Å². The van der Waals surface area contributed by atoms with Crippen LogP contribution in [-0.2, 0) is 28.7 Å². The van der Waals surface area contributed by atoms with E-state index >= 15 is 0 Å². The van der Waals surface area contributed by atoms with Crippen molar-refractivity contribution in [3.8, 4) is 12.3 Å². The number of Topliss-reactive ketones (excluding diaryl/α,β-unsaturated/α-hetero) is 4. The highest BCUT2D eigenvalue weighted by Crippen LogP contribution is 2.27. The van der Waals surface area contributed by atoms with Crippen molar-refractivity contribution in [3.63, 3.8) is 0 Å². The second-order valence-corrected chi connectivity index (χ2v) is 16.6. The molecule has 0 amide bonds. The number of ether oxygens (including phenoxy) is 2. The first-order chi connectivity index (χ1) is 23.7. The maximum absolute atomic E-state index is 12.1. The summed E-state index contributed by atoms with van der Waals surface area (Å²) in [5.74, 6) is 6.91. The number of halogens is 1. The molecule has 0 radical (unpaired) electrons. The molecule has 2 aliphatic rings. The molecule has 2 rings (SSSR count). The molecule has 0 saturated heterocycles. The summed E-state index contributed by atoms with van der Waals surface area (Å²) in [5, 5.41) is 0. The van der Waals surface area contributed by atoms with Gasteiger partial charge in [-0.1, -0.05) is 40.5 Å². The molecule has 0 aromatic rings. The largest absolute Gasteiger partial charge is 0.492 e. The van der Waals surface area contributed by atoms with Gasteiger partial charge in [0.1, 0.15) is 0 Å². The van der Waals surface area contributed by atoms with Crippen molar-refractivity contribution in [2.45, 2.75) is 120 Å². The Hall–Kier alpha value is -3.42. The zero-order valence-corrected chi connectivity index (χ0v) is 35.9. The third-order valence-corrected chi connectivity index (χ3v) is 9.22. The summed E-state index contributed by atoms with van der Waals surface area (Å²) in [6.07, 6.45) is 16.3. The van der Waals surface area contributed by atoms with Gasteiger partial charge < -0.3 is 9.47 Å². The number of alkyl halides is 1. The van der Waals surface area contributed by atoms with Crippen molar-refractivity contribution in [2.24, 2.45) is 0 Å². The Labute approximate surface area is 318 Å². The third-order valence-electron chi connectivity index (χ3n) is 7.72. The highest BCUT2D eigenvalue weighted by molar-refractivity contribution is 6.61. The number of hydrogen-bond acceptors (Lipinski definition) is 6. The van der Waals surface area contributed by atoms with Gasteiger partial charge in [-0.25, -0.2) is 0 Å². The zero-order valence-electron chi connectivity index (χ0n) is 34.0. The predicted molar refractivity (Wildman–Crippen MR) is 217 cm³/mol. The predicted octanol–water partition coefficient (Wildman–Crippen LogP) is 10.7. The van der Waals surface area contributed by atoms with E-state index in [-0.39, 0.29) is 40.5 Å². The standard InChI is InChI=1S/C14H18O3.C10H11ClO3.C9H15.C8H12.2CH3.Al/c1-8(2)6-7-11-9(3)13(16)14(17-5)10(4)12(11)15;1-5-7(4-11)9(13)10(14-3)6(2)8(5)12;1-8(2)6-5-7-9(3)4;1-4-5-6-7-8(2)3;;;/h6H,7H2,1-5H3;4H2,1-3H3;1,7H,5-6H2,2-4H3;1,7H,5-6H2,2-3H3;2*1H3;. The number of hydrogen-bond donors (Lipinski definition) is 0. The molecular formula is C43H62AlClO6. The maximum atomic E-state index is 12.1. The van der Waals surface area contributed by atoms with Crippen LogP contribution in [0.3, 0.4) is 0 Å².